The monoisotopic (exact) mass is 669 g/mol. The average Bonchev–Trinajstić information content (AvgIpc) is 3.46. The third-order valence-corrected chi connectivity index (χ3v) is 6.32. The number of hydrazone groups is 1. The molecule has 0 spiro atoms. The van der Waals surface area contributed by atoms with Crippen LogP contribution in [0.4, 0.5) is 5.69 Å². The lowest BCUT2D eigenvalue weighted by molar-refractivity contribution is -0.128. The smallest absolute Gasteiger partial charge is 0.336 e. The van der Waals surface area contributed by atoms with Gasteiger partial charge >= 0.3 is 5.97 Å². The SMILES string of the molecule is O=C(/C=C/c1ccc(Cl)cc1)Oc1c(Br)cc(Br)cc1C=NNC(=O)c1cccc(NC(=O)c2ccco2)c1. The summed E-state index contributed by atoms with van der Waals surface area (Å²) >= 11 is 12.7. The molecule has 11 heteroatoms. The number of rotatable bonds is 8. The van der Waals surface area contributed by atoms with Crippen molar-refractivity contribution in [1.29, 1.82) is 0 Å². The zero-order valence-corrected chi connectivity index (χ0v) is 23.8. The zero-order chi connectivity index (χ0) is 27.8. The first-order valence-corrected chi connectivity index (χ1v) is 13.2. The number of nitrogens with zero attached hydrogens (tertiary/aromatic N) is 1. The van der Waals surface area contributed by atoms with E-state index in [9.17, 15) is 14.4 Å². The molecule has 1 heterocycles. The van der Waals surface area contributed by atoms with E-state index in [2.05, 4.69) is 47.7 Å². The largest absolute Gasteiger partial charge is 0.459 e. The lowest BCUT2D eigenvalue weighted by Crippen LogP contribution is -2.18. The van der Waals surface area contributed by atoms with Crippen molar-refractivity contribution in [3.8, 4) is 5.75 Å². The topological polar surface area (TPSA) is 110 Å². The third kappa shape index (κ3) is 8.00. The predicted molar refractivity (Wildman–Crippen MR) is 156 cm³/mol. The summed E-state index contributed by atoms with van der Waals surface area (Å²) in [5.74, 6) is -1.21. The maximum atomic E-state index is 12.7. The number of hydrogen-bond donors (Lipinski definition) is 2. The minimum absolute atomic E-state index is 0.145. The highest BCUT2D eigenvalue weighted by atomic mass is 79.9. The molecule has 0 unspecified atom stereocenters. The van der Waals surface area contributed by atoms with Gasteiger partial charge in [-0.25, -0.2) is 10.2 Å². The molecule has 2 amide bonds. The highest BCUT2D eigenvalue weighted by Gasteiger charge is 2.14. The van der Waals surface area contributed by atoms with Crippen molar-refractivity contribution < 1.29 is 23.5 Å². The van der Waals surface area contributed by atoms with Crippen LogP contribution in [0.1, 0.15) is 32.0 Å². The van der Waals surface area contributed by atoms with Gasteiger partial charge in [-0.2, -0.15) is 5.10 Å². The molecular formula is C28H18Br2ClN3O5. The first-order chi connectivity index (χ1) is 18.8. The molecule has 0 fully saturated rings. The van der Waals surface area contributed by atoms with Crippen LogP contribution in [0.3, 0.4) is 0 Å². The number of anilines is 1. The van der Waals surface area contributed by atoms with Gasteiger partial charge in [-0.1, -0.05) is 45.7 Å². The summed E-state index contributed by atoms with van der Waals surface area (Å²) in [4.78, 5) is 37.3. The number of carbonyl (C=O) groups excluding carboxylic acids is 3. The summed E-state index contributed by atoms with van der Waals surface area (Å²) in [6.07, 6.45) is 5.63. The van der Waals surface area contributed by atoms with Crippen LogP contribution in [-0.2, 0) is 4.79 Å². The number of ether oxygens (including phenoxy) is 1. The third-order valence-electron chi connectivity index (χ3n) is 5.02. The highest BCUT2D eigenvalue weighted by Crippen LogP contribution is 2.32. The van der Waals surface area contributed by atoms with Crippen LogP contribution in [-0.4, -0.2) is 24.0 Å². The van der Waals surface area contributed by atoms with Crippen LogP contribution in [0.25, 0.3) is 6.08 Å². The van der Waals surface area contributed by atoms with Crippen molar-refractivity contribution in [3.63, 3.8) is 0 Å². The molecule has 0 aliphatic heterocycles. The molecule has 39 heavy (non-hydrogen) atoms. The average molecular weight is 672 g/mol. The number of furan rings is 1. The van der Waals surface area contributed by atoms with Crippen LogP contribution < -0.4 is 15.5 Å². The Balaban J connectivity index is 1.43. The van der Waals surface area contributed by atoms with Gasteiger partial charge in [-0.3, -0.25) is 9.59 Å². The number of carbonyl (C=O) groups is 3. The second-order valence-electron chi connectivity index (χ2n) is 7.82. The number of hydrogen-bond acceptors (Lipinski definition) is 6. The van der Waals surface area contributed by atoms with Crippen LogP contribution in [0.15, 0.2) is 104 Å². The molecule has 0 atom stereocenters. The Kier molecular flexibility index (Phi) is 9.48. The summed E-state index contributed by atoms with van der Waals surface area (Å²) in [5.41, 5.74) is 4.30. The Morgan fingerprint density at radius 2 is 1.74 bits per heavy atom. The van der Waals surface area contributed by atoms with Gasteiger partial charge in [-0.15, -0.1) is 0 Å². The van der Waals surface area contributed by atoms with E-state index in [0.29, 0.717) is 25.2 Å². The molecule has 0 aliphatic carbocycles. The van der Waals surface area contributed by atoms with Crippen molar-refractivity contribution in [3.05, 3.63) is 122 Å². The number of amides is 2. The van der Waals surface area contributed by atoms with Gasteiger partial charge < -0.3 is 14.5 Å². The zero-order valence-electron chi connectivity index (χ0n) is 19.9. The maximum Gasteiger partial charge on any atom is 0.336 e. The predicted octanol–water partition coefficient (Wildman–Crippen LogP) is 7.09. The van der Waals surface area contributed by atoms with E-state index in [1.807, 2.05) is 0 Å². The van der Waals surface area contributed by atoms with Crippen molar-refractivity contribution in [2.45, 2.75) is 0 Å². The second kappa shape index (κ2) is 13.2. The Labute approximate surface area is 244 Å². The van der Waals surface area contributed by atoms with E-state index in [-0.39, 0.29) is 17.1 Å². The summed E-state index contributed by atoms with van der Waals surface area (Å²) in [6, 6.07) is 19.8. The van der Waals surface area contributed by atoms with Crippen LogP contribution in [0.5, 0.6) is 5.75 Å². The number of esters is 1. The van der Waals surface area contributed by atoms with Crippen LogP contribution >= 0.6 is 43.5 Å². The van der Waals surface area contributed by atoms with Crippen molar-refractivity contribution >= 4 is 79.2 Å². The quantitative estimate of drug-likeness (QED) is 0.0684. The van der Waals surface area contributed by atoms with Gasteiger partial charge in [0.25, 0.3) is 11.8 Å². The number of benzene rings is 3. The Morgan fingerprint density at radius 1 is 0.949 bits per heavy atom. The molecular weight excluding hydrogens is 654 g/mol. The lowest BCUT2D eigenvalue weighted by atomic mass is 10.2. The molecule has 0 saturated heterocycles. The van der Waals surface area contributed by atoms with Crippen molar-refractivity contribution in [1.82, 2.24) is 5.43 Å². The fourth-order valence-corrected chi connectivity index (χ4v) is 4.69. The molecule has 196 valence electrons. The molecule has 0 saturated carbocycles. The van der Waals surface area contributed by atoms with E-state index < -0.39 is 17.8 Å². The summed E-state index contributed by atoms with van der Waals surface area (Å²) in [5, 5.41) is 7.26. The van der Waals surface area contributed by atoms with E-state index in [1.165, 1.54) is 30.7 Å². The fourth-order valence-electron chi connectivity index (χ4n) is 3.22. The molecule has 8 nitrogen and oxygen atoms in total. The molecule has 3 aromatic carbocycles. The van der Waals surface area contributed by atoms with E-state index in [4.69, 9.17) is 20.8 Å². The lowest BCUT2D eigenvalue weighted by Gasteiger charge is -2.09. The first kappa shape index (κ1) is 28.0. The van der Waals surface area contributed by atoms with E-state index in [0.717, 1.165) is 5.56 Å². The number of nitrogens with one attached hydrogen (secondary N) is 2. The van der Waals surface area contributed by atoms with Crippen molar-refractivity contribution in [2.24, 2.45) is 5.10 Å². The molecule has 0 bridgehead atoms. The van der Waals surface area contributed by atoms with Gasteiger partial charge in [-0.05, 0) is 82.2 Å². The Bertz CT molecular complexity index is 1570. The van der Waals surface area contributed by atoms with Gasteiger partial charge in [0.15, 0.2) is 11.5 Å². The highest BCUT2D eigenvalue weighted by molar-refractivity contribution is 9.11. The van der Waals surface area contributed by atoms with Gasteiger partial charge in [0.2, 0.25) is 0 Å². The van der Waals surface area contributed by atoms with Gasteiger partial charge in [0.1, 0.15) is 0 Å². The molecule has 0 radical (unpaired) electrons. The van der Waals surface area contributed by atoms with E-state index >= 15 is 0 Å². The summed E-state index contributed by atoms with van der Waals surface area (Å²) in [6.45, 7) is 0. The van der Waals surface area contributed by atoms with Crippen LogP contribution in [0.2, 0.25) is 5.02 Å². The van der Waals surface area contributed by atoms with E-state index in [1.54, 1.807) is 66.7 Å². The summed E-state index contributed by atoms with van der Waals surface area (Å²) < 4.78 is 11.8. The second-order valence-corrected chi connectivity index (χ2v) is 10.0. The molecule has 2 N–H and O–H groups in total. The fraction of sp³-hybridized carbons (Fsp3) is 0. The normalized spacial score (nSPS) is 11.1. The molecule has 4 rings (SSSR count). The van der Waals surface area contributed by atoms with Crippen LogP contribution in [0, 0.1) is 0 Å². The molecule has 4 aromatic rings. The minimum atomic E-state index is -0.611. The Hall–Kier alpha value is -3.99. The summed E-state index contributed by atoms with van der Waals surface area (Å²) in [7, 11) is 0. The van der Waals surface area contributed by atoms with Gasteiger partial charge in [0, 0.05) is 32.4 Å². The van der Waals surface area contributed by atoms with Crippen molar-refractivity contribution in [2.75, 3.05) is 5.32 Å². The minimum Gasteiger partial charge on any atom is -0.459 e. The maximum absolute atomic E-state index is 12.7. The van der Waals surface area contributed by atoms with Gasteiger partial charge in [0.05, 0.1) is 17.0 Å². The standard InChI is InChI=1S/C28H18Br2ClN3O5/c29-20-13-19(26(23(30)15-20)39-25(35)11-8-17-6-9-21(31)10-7-17)16-32-34-27(36)18-3-1-4-22(14-18)33-28(37)24-5-2-12-38-24/h1-16H,(H,33,37)(H,34,36)/b11-8+,32-16?. The molecule has 0 aliphatic rings. The molecule has 1 aromatic heterocycles. The Morgan fingerprint density at radius 3 is 2.49 bits per heavy atom. The first-order valence-electron chi connectivity index (χ1n) is 11.2. The number of halogens is 3.